The van der Waals surface area contributed by atoms with Crippen molar-refractivity contribution in [1.82, 2.24) is 0 Å². The minimum atomic E-state index is -0.179. The lowest BCUT2D eigenvalue weighted by Crippen LogP contribution is -2.17. The topological polar surface area (TPSA) is 9.23 Å². The van der Waals surface area contributed by atoms with Gasteiger partial charge in [0.25, 0.3) is 0 Å². The molecular weight excluding hydrogens is 556 g/mol. The zero-order valence-electron chi connectivity index (χ0n) is 26.0. The van der Waals surface area contributed by atoms with Crippen molar-refractivity contribution in [3.63, 3.8) is 0 Å². The third-order valence-corrected chi connectivity index (χ3v) is 10.7. The molecule has 0 fully saturated rings. The summed E-state index contributed by atoms with van der Waals surface area (Å²) in [4.78, 5) is 0. The van der Waals surface area contributed by atoms with Crippen LogP contribution in [0.5, 0.6) is 5.75 Å². The van der Waals surface area contributed by atoms with E-state index in [2.05, 4.69) is 153 Å². The van der Waals surface area contributed by atoms with E-state index in [9.17, 15) is 0 Å². The minimum Gasteiger partial charge on any atom is -0.485 e. The lowest BCUT2D eigenvalue weighted by Gasteiger charge is -2.32. The Morgan fingerprint density at radius 1 is 0.587 bits per heavy atom. The lowest BCUT2D eigenvalue weighted by atomic mass is 9.77. The monoisotopic (exact) mass is 588 g/mol. The average molecular weight is 589 g/mol. The maximum Gasteiger partial charge on any atom is 0.128 e. The molecule has 0 N–H and O–H groups in total. The molecule has 1 heteroatoms. The summed E-state index contributed by atoms with van der Waals surface area (Å²) in [6.07, 6.45) is 5.49. The van der Waals surface area contributed by atoms with Crippen molar-refractivity contribution < 1.29 is 4.74 Å². The van der Waals surface area contributed by atoms with Gasteiger partial charge in [-0.15, -0.1) is 0 Å². The smallest absolute Gasteiger partial charge is 0.128 e. The first-order valence-corrected chi connectivity index (χ1v) is 16.4. The van der Waals surface area contributed by atoms with Crippen LogP contribution in [0.3, 0.4) is 0 Å². The fourth-order valence-corrected chi connectivity index (χ4v) is 8.50. The van der Waals surface area contributed by atoms with Crippen LogP contribution in [-0.2, 0) is 5.41 Å². The highest BCUT2D eigenvalue weighted by molar-refractivity contribution is 6.07. The number of fused-ring (bicyclic) bond motifs is 8. The Morgan fingerprint density at radius 3 is 2.28 bits per heavy atom. The molecule has 46 heavy (non-hydrogen) atoms. The van der Waals surface area contributed by atoms with Gasteiger partial charge in [-0.2, -0.15) is 0 Å². The van der Waals surface area contributed by atoms with Crippen LogP contribution >= 0.6 is 0 Å². The van der Waals surface area contributed by atoms with Crippen LogP contribution < -0.4 is 4.74 Å². The van der Waals surface area contributed by atoms with E-state index in [1.165, 1.54) is 88.3 Å². The quantitative estimate of drug-likeness (QED) is 0.195. The third-order valence-electron chi connectivity index (χ3n) is 10.7. The molecule has 1 heterocycles. The molecule has 0 saturated heterocycles. The van der Waals surface area contributed by atoms with Crippen molar-refractivity contribution in [3.8, 4) is 50.3 Å². The summed E-state index contributed by atoms with van der Waals surface area (Å²) in [5.41, 5.74) is 15.5. The summed E-state index contributed by atoms with van der Waals surface area (Å²) < 4.78 is 6.55. The van der Waals surface area contributed by atoms with Crippen molar-refractivity contribution in [1.29, 1.82) is 0 Å². The first-order chi connectivity index (χ1) is 22.5. The normalized spacial score (nSPS) is 16.4. The zero-order valence-corrected chi connectivity index (χ0v) is 26.0. The maximum absolute atomic E-state index is 6.55. The van der Waals surface area contributed by atoms with E-state index in [-0.39, 0.29) is 11.5 Å². The van der Waals surface area contributed by atoms with E-state index < -0.39 is 0 Å². The maximum atomic E-state index is 6.55. The molecule has 0 aromatic heterocycles. The molecule has 0 bridgehead atoms. The van der Waals surface area contributed by atoms with Crippen molar-refractivity contribution in [2.75, 3.05) is 0 Å². The van der Waals surface area contributed by atoms with E-state index >= 15 is 0 Å². The van der Waals surface area contributed by atoms with Crippen LogP contribution in [0.2, 0.25) is 0 Å². The molecule has 10 rings (SSSR count). The Bertz CT molecular complexity index is 2460. The number of rotatable bonds is 2. The van der Waals surface area contributed by atoms with Crippen LogP contribution in [0.25, 0.3) is 72.1 Å². The predicted octanol–water partition coefficient (Wildman–Crippen LogP) is 12.2. The van der Waals surface area contributed by atoms with Crippen molar-refractivity contribution in [2.24, 2.45) is 0 Å². The van der Waals surface area contributed by atoms with E-state index in [4.69, 9.17) is 4.74 Å². The minimum absolute atomic E-state index is 0.0977. The SMILES string of the molecule is CC1(C)c2cc(-c3ccc4c(c3)-c3cccc5c3C(CC=C5)O4)ccc2-c2c1c(-c1ccc3ccccc3c1)cc1ccccc21. The van der Waals surface area contributed by atoms with Gasteiger partial charge < -0.3 is 4.74 Å². The van der Waals surface area contributed by atoms with Gasteiger partial charge in [-0.05, 0) is 108 Å². The summed E-state index contributed by atoms with van der Waals surface area (Å²) in [6.45, 7) is 4.82. The molecule has 0 spiro atoms. The van der Waals surface area contributed by atoms with E-state index in [0.29, 0.717) is 0 Å². The van der Waals surface area contributed by atoms with Crippen LogP contribution in [0.15, 0.2) is 133 Å². The molecule has 0 saturated carbocycles. The molecule has 0 radical (unpaired) electrons. The summed E-state index contributed by atoms with van der Waals surface area (Å²) in [7, 11) is 0. The fourth-order valence-electron chi connectivity index (χ4n) is 8.50. The Labute approximate surface area is 269 Å². The van der Waals surface area contributed by atoms with Gasteiger partial charge in [0.1, 0.15) is 11.9 Å². The summed E-state index contributed by atoms with van der Waals surface area (Å²) in [6, 6.07) is 47.4. The second-order valence-electron chi connectivity index (χ2n) is 13.6. The first kappa shape index (κ1) is 25.9. The van der Waals surface area contributed by atoms with Gasteiger partial charge in [0, 0.05) is 23.0 Å². The molecule has 218 valence electrons. The second-order valence-corrected chi connectivity index (χ2v) is 13.6. The largest absolute Gasteiger partial charge is 0.485 e. The van der Waals surface area contributed by atoms with Gasteiger partial charge in [0.05, 0.1) is 0 Å². The average Bonchev–Trinajstić information content (AvgIpc) is 3.34. The fraction of sp³-hybridized carbons (Fsp3) is 0.111. The van der Waals surface area contributed by atoms with Gasteiger partial charge in [0.15, 0.2) is 0 Å². The molecular formula is C45H32O. The van der Waals surface area contributed by atoms with Crippen molar-refractivity contribution in [3.05, 3.63) is 156 Å². The Balaban J connectivity index is 1.15. The molecule has 1 unspecified atom stereocenters. The van der Waals surface area contributed by atoms with Gasteiger partial charge in [-0.25, -0.2) is 0 Å². The molecule has 1 nitrogen and oxygen atoms in total. The highest BCUT2D eigenvalue weighted by atomic mass is 16.5. The van der Waals surface area contributed by atoms with Crippen molar-refractivity contribution in [2.45, 2.75) is 31.8 Å². The van der Waals surface area contributed by atoms with Crippen LogP contribution in [0.4, 0.5) is 0 Å². The molecule has 3 aliphatic rings. The van der Waals surface area contributed by atoms with Gasteiger partial charge in [-0.1, -0.05) is 123 Å². The lowest BCUT2D eigenvalue weighted by molar-refractivity contribution is 0.204. The number of ether oxygens (including phenoxy) is 1. The predicted molar refractivity (Wildman–Crippen MR) is 192 cm³/mol. The van der Waals surface area contributed by atoms with Crippen LogP contribution in [-0.4, -0.2) is 0 Å². The summed E-state index contributed by atoms with van der Waals surface area (Å²) >= 11 is 0. The molecule has 2 aliphatic carbocycles. The van der Waals surface area contributed by atoms with E-state index in [0.717, 1.165) is 12.2 Å². The molecule has 7 aromatic rings. The first-order valence-electron chi connectivity index (χ1n) is 16.4. The van der Waals surface area contributed by atoms with Crippen molar-refractivity contribution >= 4 is 27.6 Å². The Hall–Kier alpha value is -5.40. The van der Waals surface area contributed by atoms with Crippen LogP contribution in [0.1, 0.15) is 48.6 Å². The summed E-state index contributed by atoms with van der Waals surface area (Å²) in [5.74, 6) is 0.981. The highest BCUT2D eigenvalue weighted by Crippen LogP contribution is 2.56. The molecule has 1 atom stereocenters. The highest BCUT2D eigenvalue weighted by Gasteiger charge is 2.39. The zero-order chi connectivity index (χ0) is 30.6. The van der Waals surface area contributed by atoms with E-state index in [1.807, 2.05) is 0 Å². The van der Waals surface area contributed by atoms with Gasteiger partial charge in [-0.3, -0.25) is 0 Å². The standard InChI is InChI=1S/C45H32O/c1-45(2)39-26-31(30-20-22-40-38(24-30)35-15-7-12-28-13-8-16-41(46-40)42(28)35)19-21-36(39)43-34-14-6-5-11-32(34)25-37(44(43)45)33-18-17-27-9-3-4-10-29(27)23-33/h3-15,17-26,41H,16H2,1-2H3. The Morgan fingerprint density at radius 2 is 1.37 bits per heavy atom. The van der Waals surface area contributed by atoms with Gasteiger partial charge in [0.2, 0.25) is 0 Å². The molecule has 7 aromatic carbocycles. The van der Waals surface area contributed by atoms with Crippen LogP contribution in [0, 0.1) is 0 Å². The summed E-state index contributed by atoms with van der Waals surface area (Å²) in [5, 5.41) is 5.15. The molecule has 1 aliphatic heterocycles. The second kappa shape index (κ2) is 9.31. The van der Waals surface area contributed by atoms with E-state index in [1.54, 1.807) is 0 Å². The number of hydrogen-bond donors (Lipinski definition) is 0. The number of hydrogen-bond acceptors (Lipinski definition) is 1. The molecule has 0 amide bonds. The van der Waals surface area contributed by atoms with Gasteiger partial charge >= 0.3 is 0 Å². The third kappa shape index (κ3) is 3.57. The number of benzene rings is 7. The Kier molecular flexibility index (Phi) is 5.24.